The van der Waals surface area contributed by atoms with Gasteiger partial charge in [-0.3, -0.25) is 0 Å². The van der Waals surface area contributed by atoms with Crippen molar-refractivity contribution in [3.05, 3.63) is 23.8 Å². The third-order valence-electron chi connectivity index (χ3n) is 2.74. The highest BCUT2D eigenvalue weighted by atomic mass is 16.3. The molecule has 0 fully saturated rings. The molecule has 1 nitrogen and oxygen atoms in total. The standard InChI is InChI=1S/C11H18O/c1-4-11(2,3)9-5-7-10(12)8-6-9/h5-7,10,12H,4,8H2,1-3H3. The summed E-state index contributed by atoms with van der Waals surface area (Å²) in [6, 6.07) is 0. The number of rotatable bonds is 2. The van der Waals surface area contributed by atoms with Crippen LogP contribution in [0.5, 0.6) is 0 Å². The van der Waals surface area contributed by atoms with E-state index in [2.05, 4.69) is 32.9 Å². The molecule has 1 rings (SSSR count). The fraction of sp³-hybridized carbons (Fsp3) is 0.636. The smallest absolute Gasteiger partial charge is 0.0758 e. The summed E-state index contributed by atoms with van der Waals surface area (Å²) in [5.41, 5.74) is 1.62. The predicted octanol–water partition coefficient (Wildman–Crippen LogP) is 2.67. The molecule has 1 aliphatic rings. The molecule has 1 aliphatic carbocycles. The molecule has 0 amide bonds. The monoisotopic (exact) mass is 166 g/mol. The molecule has 0 bridgehead atoms. The maximum atomic E-state index is 9.23. The van der Waals surface area contributed by atoms with E-state index >= 15 is 0 Å². The van der Waals surface area contributed by atoms with Gasteiger partial charge in [-0.15, -0.1) is 0 Å². The summed E-state index contributed by atoms with van der Waals surface area (Å²) in [5.74, 6) is 0. The topological polar surface area (TPSA) is 20.2 Å². The van der Waals surface area contributed by atoms with E-state index in [9.17, 15) is 5.11 Å². The highest BCUT2D eigenvalue weighted by Gasteiger charge is 2.20. The average Bonchev–Trinajstić information content (AvgIpc) is 2.05. The van der Waals surface area contributed by atoms with E-state index in [1.165, 1.54) is 5.57 Å². The number of allylic oxidation sites excluding steroid dienone is 2. The van der Waals surface area contributed by atoms with Crippen molar-refractivity contribution in [2.24, 2.45) is 5.41 Å². The Labute approximate surface area is 74.8 Å². The first-order valence-electron chi connectivity index (χ1n) is 4.63. The molecule has 68 valence electrons. The number of aliphatic hydroxyl groups is 1. The normalized spacial score (nSPS) is 24.0. The Kier molecular flexibility index (Phi) is 2.73. The van der Waals surface area contributed by atoms with Gasteiger partial charge in [-0.2, -0.15) is 0 Å². The summed E-state index contributed by atoms with van der Waals surface area (Å²) in [5, 5.41) is 9.23. The molecule has 1 heteroatoms. The molecule has 1 atom stereocenters. The van der Waals surface area contributed by atoms with Crippen molar-refractivity contribution in [2.45, 2.75) is 39.7 Å². The maximum Gasteiger partial charge on any atom is 0.0758 e. The summed E-state index contributed by atoms with van der Waals surface area (Å²) in [6.07, 6.45) is 7.73. The summed E-state index contributed by atoms with van der Waals surface area (Å²) in [6.45, 7) is 6.67. The summed E-state index contributed by atoms with van der Waals surface area (Å²) < 4.78 is 0. The Morgan fingerprint density at radius 2 is 2.25 bits per heavy atom. The summed E-state index contributed by atoms with van der Waals surface area (Å²) in [7, 11) is 0. The largest absolute Gasteiger partial charge is 0.389 e. The fourth-order valence-corrected chi connectivity index (χ4v) is 1.32. The molecule has 0 heterocycles. The van der Waals surface area contributed by atoms with Crippen molar-refractivity contribution in [1.29, 1.82) is 0 Å². The van der Waals surface area contributed by atoms with E-state index in [0.717, 1.165) is 12.8 Å². The van der Waals surface area contributed by atoms with Crippen LogP contribution in [-0.2, 0) is 0 Å². The van der Waals surface area contributed by atoms with Gasteiger partial charge in [0.2, 0.25) is 0 Å². The van der Waals surface area contributed by atoms with E-state index in [1.807, 2.05) is 6.08 Å². The lowest BCUT2D eigenvalue weighted by Gasteiger charge is -2.27. The second-order valence-corrected chi connectivity index (χ2v) is 4.06. The van der Waals surface area contributed by atoms with Gasteiger partial charge >= 0.3 is 0 Å². The van der Waals surface area contributed by atoms with Gasteiger partial charge in [-0.1, -0.05) is 39.0 Å². The minimum atomic E-state index is -0.263. The molecular weight excluding hydrogens is 148 g/mol. The Morgan fingerprint density at radius 3 is 2.67 bits per heavy atom. The minimum Gasteiger partial charge on any atom is -0.389 e. The lowest BCUT2D eigenvalue weighted by molar-refractivity contribution is 0.223. The van der Waals surface area contributed by atoms with Gasteiger partial charge in [0.05, 0.1) is 6.10 Å². The molecule has 0 saturated carbocycles. The van der Waals surface area contributed by atoms with Crippen molar-refractivity contribution in [3.63, 3.8) is 0 Å². The lowest BCUT2D eigenvalue weighted by atomic mass is 9.79. The third kappa shape index (κ3) is 1.98. The van der Waals surface area contributed by atoms with E-state index < -0.39 is 0 Å². The van der Waals surface area contributed by atoms with E-state index in [1.54, 1.807) is 0 Å². The molecule has 0 spiro atoms. The summed E-state index contributed by atoms with van der Waals surface area (Å²) in [4.78, 5) is 0. The van der Waals surface area contributed by atoms with Crippen LogP contribution < -0.4 is 0 Å². The third-order valence-corrected chi connectivity index (χ3v) is 2.74. The zero-order valence-corrected chi connectivity index (χ0v) is 8.17. The molecule has 0 saturated heterocycles. The number of hydrogen-bond acceptors (Lipinski definition) is 1. The minimum absolute atomic E-state index is 0.261. The molecular formula is C11H18O. The molecule has 1 N–H and O–H groups in total. The molecule has 0 aliphatic heterocycles. The second-order valence-electron chi connectivity index (χ2n) is 4.06. The van der Waals surface area contributed by atoms with Crippen molar-refractivity contribution in [3.8, 4) is 0 Å². The summed E-state index contributed by atoms with van der Waals surface area (Å²) >= 11 is 0. The van der Waals surface area contributed by atoms with E-state index in [-0.39, 0.29) is 11.5 Å². The zero-order valence-electron chi connectivity index (χ0n) is 8.17. The molecule has 0 radical (unpaired) electrons. The fourth-order valence-electron chi connectivity index (χ4n) is 1.32. The molecule has 0 aromatic carbocycles. The Hall–Kier alpha value is -0.560. The van der Waals surface area contributed by atoms with Crippen LogP contribution >= 0.6 is 0 Å². The van der Waals surface area contributed by atoms with Crippen molar-refractivity contribution < 1.29 is 5.11 Å². The van der Waals surface area contributed by atoms with Gasteiger partial charge in [0, 0.05) is 0 Å². The SMILES string of the molecule is CCC(C)(C)C1=CCC(O)C=C1. The van der Waals surface area contributed by atoms with Crippen molar-refractivity contribution >= 4 is 0 Å². The first-order chi connectivity index (χ1) is 5.56. The van der Waals surface area contributed by atoms with Gasteiger partial charge in [0.25, 0.3) is 0 Å². The van der Waals surface area contributed by atoms with Crippen LogP contribution in [0.25, 0.3) is 0 Å². The Bertz CT molecular complexity index is 211. The van der Waals surface area contributed by atoms with Crippen LogP contribution in [-0.4, -0.2) is 11.2 Å². The van der Waals surface area contributed by atoms with Crippen LogP contribution in [0.3, 0.4) is 0 Å². The van der Waals surface area contributed by atoms with E-state index in [4.69, 9.17) is 0 Å². The van der Waals surface area contributed by atoms with Gasteiger partial charge < -0.3 is 5.11 Å². The van der Waals surface area contributed by atoms with Crippen LogP contribution in [0.2, 0.25) is 0 Å². The van der Waals surface area contributed by atoms with Crippen LogP contribution in [0, 0.1) is 5.41 Å². The molecule has 0 aromatic heterocycles. The van der Waals surface area contributed by atoms with Crippen LogP contribution in [0.4, 0.5) is 0 Å². The number of aliphatic hydroxyl groups excluding tert-OH is 1. The van der Waals surface area contributed by atoms with Crippen molar-refractivity contribution in [1.82, 2.24) is 0 Å². The Morgan fingerprint density at radius 1 is 1.58 bits per heavy atom. The van der Waals surface area contributed by atoms with E-state index in [0.29, 0.717) is 0 Å². The van der Waals surface area contributed by atoms with Crippen LogP contribution in [0.15, 0.2) is 23.8 Å². The zero-order chi connectivity index (χ0) is 9.19. The average molecular weight is 166 g/mol. The van der Waals surface area contributed by atoms with Gasteiger partial charge in [0.1, 0.15) is 0 Å². The maximum absolute atomic E-state index is 9.23. The quantitative estimate of drug-likeness (QED) is 0.668. The highest BCUT2D eigenvalue weighted by molar-refractivity contribution is 5.29. The van der Waals surface area contributed by atoms with Gasteiger partial charge in [-0.05, 0) is 23.8 Å². The van der Waals surface area contributed by atoms with Gasteiger partial charge in [-0.25, -0.2) is 0 Å². The predicted molar refractivity (Wildman–Crippen MR) is 51.9 cm³/mol. The van der Waals surface area contributed by atoms with Gasteiger partial charge in [0.15, 0.2) is 0 Å². The lowest BCUT2D eigenvalue weighted by Crippen LogP contribution is -2.16. The molecule has 12 heavy (non-hydrogen) atoms. The first kappa shape index (κ1) is 9.53. The first-order valence-corrected chi connectivity index (χ1v) is 4.63. The molecule has 0 aromatic rings. The number of hydrogen-bond donors (Lipinski definition) is 1. The van der Waals surface area contributed by atoms with Crippen LogP contribution in [0.1, 0.15) is 33.6 Å². The Balaban J connectivity index is 2.72. The molecule has 1 unspecified atom stereocenters. The van der Waals surface area contributed by atoms with Crippen molar-refractivity contribution in [2.75, 3.05) is 0 Å². The second kappa shape index (κ2) is 3.44. The highest BCUT2D eigenvalue weighted by Crippen LogP contribution is 2.32.